The number of hydrogen-bond acceptors (Lipinski definition) is 5. The summed E-state index contributed by atoms with van der Waals surface area (Å²) in [6.07, 6.45) is 9.55. The number of aryl methyl sites for hydroxylation is 1. The van der Waals surface area contributed by atoms with Crippen molar-refractivity contribution in [3.8, 4) is 5.75 Å². The van der Waals surface area contributed by atoms with Crippen molar-refractivity contribution in [3.05, 3.63) is 107 Å². The van der Waals surface area contributed by atoms with Crippen molar-refractivity contribution < 1.29 is 9.53 Å². The van der Waals surface area contributed by atoms with E-state index in [1.54, 1.807) is 38.3 Å². The second-order valence-electron chi connectivity index (χ2n) is 8.28. The smallest absolute Gasteiger partial charge is 0.255 e. The van der Waals surface area contributed by atoms with Crippen LogP contribution < -0.4 is 21.5 Å². The van der Waals surface area contributed by atoms with Crippen molar-refractivity contribution in [3.63, 3.8) is 0 Å². The van der Waals surface area contributed by atoms with Gasteiger partial charge in [0.05, 0.1) is 24.0 Å². The number of nitrogens with zero attached hydrogens (tertiary/aromatic N) is 1. The van der Waals surface area contributed by atoms with Gasteiger partial charge in [-0.25, -0.2) is 0 Å². The van der Waals surface area contributed by atoms with Crippen molar-refractivity contribution in [2.24, 2.45) is 11.5 Å². The Morgan fingerprint density at radius 2 is 1.83 bits per heavy atom. The molecule has 0 aliphatic heterocycles. The first-order chi connectivity index (χ1) is 17.4. The first-order valence-corrected chi connectivity index (χ1v) is 12.2. The van der Waals surface area contributed by atoms with Gasteiger partial charge < -0.3 is 21.5 Å². The molecule has 0 spiro atoms. The van der Waals surface area contributed by atoms with Crippen LogP contribution in [-0.4, -0.2) is 29.8 Å². The van der Waals surface area contributed by atoms with E-state index in [1.807, 2.05) is 31.3 Å². The molecule has 2 aromatic carbocycles. The molecule has 1 aromatic heterocycles. The van der Waals surface area contributed by atoms with E-state index in [1.165, 1.54) is 23.0 Å². The predicted octanol–water partition coefficient (Wildman–Crippen LogP) is 4.80. The maximum atomic E-state index is 12.8. The van der Waals surface area contributed by atoms with Crippen molar-refractivity contribution in [2.45, 2.75) is 38.5 Å². The minimum Gasteiger partial charge on any atom is -0.496 e. The number of nitrogens with two attached hydrogens (primary N) is 2. The number of H-pyrrole nitrogens is 1. The van der Waals surface area contributed by atoms with Crippen LogP contribution in [-0.2, 0) is 18.3 Å². The lowest BCUT2D eigenvalue weighted by atomic mass is 9.69. The van der Waals surface area contributed by atoms with Crippen molar-refractivity contribution in [1.82, 2.24) is 15.5 Å². The van der Waals surface area contributed by atoms with Gasteiger partial charge in [-0.2, -0.15) is 5.10 Å². The number of aromatic amines is 1. The van der Waals surface area contributed by atoms with Crippen LogP contribution in [0.25, 0.3) is 0 Å². The van der Waals surface area contributed by atoms with Gasteiger partial charge in [0.25, 0.3) is 5.91 Å². The van der Waals surface area contributed by atoms with Crippen molar-refractivity contribution >= 4 is 17.5 Å². The third-order valence-electron chi connectivity index (χ3n) is 5.98. The Balaban J connectivity index is 0.000000439. The number of hydrogen-bond donors (Lipinski definition) is 4. The van der Waals surface area contributed by atoms with Crippen LogP contribution in [0.3, 0.4) is 0 Å². The number of carbonyl (C=O) groups excluding carboxylic acids is 1. The van der Waals surface area contributed by atoms with Gasteiger partial charge in [-0.3, -0.25) is 9.89 Å². The Kier molecular flexibility index (Phi) is 11.6. The fourth-order valence-electron chi connectivity index (χ4n) is 3.99. The molecule has 3 aromatic rings. The number of methoxy groups -OCH3 is 1. The minimum atomic E-state index is -0.143. The molecule has 7 nitrogen and oxygen atoms in total. The van der Waals surface area contributed by atoms with E-state index in [0.29, 0.717) is 23.0 Å². The van der Waals surface area contributed by atoms with Crippen LogP contribution in [0.4, 0.5) is 0 Å². The number of ether oxygens (including phenoxy) is 1. The topological polar surface area (TPSA) is 119 Å². The monoisotopic (exact) mass is 509 g/mol. The number of aromatic nitrogens is 2. The number of allylic oxidation sites excluding steroid dienone is 2. The van der Waals surface area contributed by atoms with Gasteiger partial charge in [0.1, 0.15) is 5.75 Å². The summed E-state index contributed by atoms with van der Waals surface area (Å²) in [5, 5.41) is 10.8. The van der Waals surface area contributed by atoms with Crippen LogP contribution in [0.15, 0.2) is 84.3 Å². The number of amides is 1. The molecule has 36 heavy (non-hydrogen) atoms. The highest BCUT2D eigenvalue weighted by Crippen LogP contribution is 2.37. The van der Waals surface area contributed by atoms with Gasteiger partial charge in [0.15, 0.2) is 0 Å². The predicted molar refractivity (Wildman–Crippen MR) is 147 cm³/mol. The standard InChI is InChI=1S/C22H23N3O2.C3H6ClN.C3H7N/c1-27-20-10-6-5-9-18(20)21(26)23-15-22(17-7-3-2-4-8-17)12-11-19-16(13-22)14-24-25-19;1-2-3(4)5;1-2-3-4/h2-10,14H,11-13,15H2,1H3,(H,23,26)(H,24,25);2H,5H2,1H3;2-3H,4H2,1H3/b;2*3-2-. The first-order valence-electron chi connectivity index (χ1n) is 11.8. The zero-order chi connectivity index (χ0) is 26.4. The Hall–Kier alpha value is -3.71. The molecule has 1 atom stereocenters. The Morgan fingerprint density at radius 1 is 1.19 bits per heavy atom. The molecule has 6 N–H and O–H groups in total. The summed E-state index contributed by atoms with van der Waals surface area (Å²) in [5.74, 6) is 0.477. The van der Waals surface area contributed by atoms with E-state index in [4.69, 9.17) is 27.8 Å². The van der Waals surface area contributed by atoms with Gasteiger partial charge >= 0.3 is 0 Å². The summed E-state index contributed by atoms with van der Waals surface area (Å²) in [5.41, 5.74) is 13.9. The summed E-state index contributed by atoms with van der Waals surface area (Å²) < 4.78 is 5.33. The average Bonchev–Trinajstić information content (AvgIpc) is 3.40. The van der Waals surface area contributed by atoms with Gasteiger partial charge in [-0.15, -0.1) is 0 Å². The molecule has 192 valence electrons. The second kappa shape index (κ2) is 14.6. The van der Waals surface area contributed by atoms with Crippen LogP contribution >= 0.6 is 11.6 Å². The maximum Gasteiger partial charge on any atom is 0.255 e. The Morgan fingerprint density at radius 3 is 2.44 bits per heavy atom. The zero-order valence-corrected chi connectivity index (χ0v) is 21.9. The van der Waals surface area contributed by atoms with Gasteiger partial charge in [-0.05, 0) is 62.6 Å². The molecule has 1 unspecified atom stereocenters. The maximum absolute atomic E-state index is 12.8. The van der Waals surface area contributed by atoms with E-state index in [-0.39, 0.29) is 11.3 Å². The molecule has 8 heteroatoms. The lowest BCUT2D eigenvalue weighted by Crippen LogP contribution is -2.44. The lowest BCUT2D eigenvalue weighted by Gasteiger charge is -2.37. The van der Waals surface area contributed by atoms with Crippen LogP contribution in [0.1, 0.15) is 47.4 Å². The van der Waals surface area contributed by atoms with Crippen LogP contribution in [0.2, 0.25) is 0 Å². The zero-order valence-electron chi connectivity index (χ0n) is 21.1. The summed E-state index contributed by atoms with van der Waals surface area (Å²) >= 11 is 5.10. The van der Waals surface area contributed by atoms with Gasteiger partial charge in [0.2, 0.25) is 0 Å². The minimum absolute atomic E-state index is 0.110. The van der Waals surface area contributed by atoms with Crippen LogP contribution in [0.5, 0.6) is 5.75 Å². The molecule has 0 saturated heterocycles. The van der Waals surface area contributed by atoms with Crippen molar-refractivity contribution in [1.29, 1.82) is 0 Å². The average molecular weight is 510 g/mol. The highest BCUT2D eigenvalue weighted by Gasteiger charge is 2.37. The number of halogens is 1. The largest absolute Gasteiger partial charge is 0.496 e. The number of benzene rings is 2. The molecular weight excluding hydrogens is 474 g/mol. The molecule has 0 fully saturated rings. The number of nitrogens with one attached hydrogen (secondary N) is 2. The van der Waals surface area contributed by atoms with E-state index in [9.17, 15) is 4.79 Å². The summed E-state index contributed by atoms with van der Waals surface area (Å²) in [6.45, 7) is 4.22. The molecule has 1 aliphatic carbocycles. The fraction of sp³-hybridized carbons (Fsp3) is 0.286. The molecule has 0 bridgehead atoms. The molecule has 0 radical (unpaired) electrons. The number of carbonyl (C=O) groups is 1. The van der Waals surface area contributed by atoms with Gasteiger partial charge in [0, 0.05) is 17.7 Å². The Bertz CT molecular complexity index is 1140. The van der Waals surface area contributed by atoms with E-state index in [2.05, 4.69) is 39.8 Å². The number of para-hydroxylation sites is 1. The second-order valence-corrected chi connectivity index (χ2v) is 8.72. The summed E-state index contributed by atoms with van der Waals surface area (Å²) in [7, 11) is 1.58. The quantitative estimate of drug-likeness (QED) is 0.368. The van der Waals surface area contributed by atoms with E-state index >= 15 is 0 Å². The molecular formula is C28H36ClN5O2. The Labute approximate surface area is 218 Å². The van der Waals surface area contributed by atoms with E-state index < -0.39 is 0 Å². The van der Waals surface area contributed by atoms with Gasteiger partial charge in [-0.1, -0.05) is 66.2 Å². The summed E-state index contributed by atoms with van der Waals surface area (Å²) in [6, 6.07) is 17.8. The highest BCUT2D eigenvalue weighted by molar-refractivity contribution is 6.28. The lowest BCUT2D eigenvalue weighted by molar-refractivity contribution is 0.0937. The number of rotatable bonds is 5. The van der Waals surface area contributed by atoms with Crippen LogP contribution in [0, 0.1) is 0 Å². The molecule has 0 saturated carbocycles. The molecule has 1 heterocycles. The highest BCUT2D eigenvalue weighted by atomic mass is 35.5. The van der Waals surface area contributed by atoms with E-state index in [0.717, 1.165) is 19.3 Å². The molecule has 1 amide bonds. The summed E-state index contributed by atoms with van der Waals surface area (Å²) in [4.78, 5) is 12.8. The number of fused-ring (bicyclic) bond motifs is 1. The first kappa shape index (κ1) is 28.5. The third kappa shape index (κ3) is 7.92. The third-order valence-corrected chi connectivity index (χ3v) is 6.20. The molecule has 1 aliphatic rings. The normalized spacial score (nSPS) is 16.6. The SMILES string of the molecule is C/C=C(\N)Cl.C/C=C\N.COc1ccccc1C(=O)NCC1(c2ccccc2)CCc2[nH]ncc2C1. The fourth-order valence-corrected chi connectivity index (χ4v) is 3.99. The van der Waals surface area contributed by atoms with Crippen molar-refractivity contribution in [2.75, 3.05) is 13.7 Å². The molecule has 4 rings (SSSR count).